The van der Waals surface area contributed by atoms with Crippen molar-refractivity contribution < 1.29 is 23.9 Å². The zero-order valence-electron chi connectivity index (χ0n) is 17.7. The first-order valence-electron chi connectivity index (χ1n) is 9.87. The van der Waals surface area contributed by atoms with Gasteiger partial charge in [-0.05, 0) is 68.8 Å². The second-order valence-electron chi connectivity index (χ2n) is 7.17. The van der Waals surface area contributed by atoms with Crippen molar-refractivity contribution in [3.8, 4) is 5.75 Å². The van der Waals surface area contributed by atoms with Gasteiger partial charge in [0, 0.05) is 22.6 Å². The molecule has 0 saturated heterocycles. The standard InChI is InChI=1S/C22H25ClN4O5/c1-13(2)32-17-9-5-15(6-10-17)21(30)26-27-22(31)18(11-12-19(24)28)25-20(29)14-3-7-16(23)8-4-14/h3-10,13,18H,11-12H2,1-2H3,(H2,24,28)(H,25,29)(H,26,30)(H,27,31)/t18-/m0/s1. The SMILES string of the molecule is CC(C)Oc1ccc(C(=O)NNC(=O)[C@H](CCC(N)=O)NC(=O)c2ccc(Cl)cc2)cc1. The Morgan fingerprint density at radius 3 is 2.03 bits per heavy atom. The van der Waals surface area contributed by atoms with Gasteiger partial charge < -0.3 is 15.8 Å². The summed E-state index contributed by atoms with van der Waals surface area (Å²) in [5, 5.41) is 2.98. The molecule has 0 radical (unpaired) electrons. The molecular weight excluding hydrogens is 436 g/mol. The van der Waals surface area contributed by atoms with E-state index in [1.807, 2.05) is 13.8 Å². The summed E-state index contributed by atoms with van der Waals surface area (Å²) in [6.45, 7) is 3.77. The number of rotatable bonds is 9. The predicted molar refractivity (Wildman–Crippen MR) is 119 cm³/mol. The predicted octanol–water partition coefficient (Wildman–Crippen LogP) is 1.95. The number of amides is 4. The molecule has 10 heteroatoms. The van der Waals surface area contributed by atoms with Crippen molar-refractivity contribution in [2.75, 3.05) is 0 Å². The lowest BCUT2D eigenvalue weighted by Crippen LogP contribution is -2.52. The molecule has 2 aromatic rings. The van der Waals surface area contributed by atoms with Crippen LogP contribution in [-0.2, 0) is 9.59 Å². The van der Waals surface area contributed by atoms with Gasteiger partial charge in [0.1, 0.15) is 11.8 Å². The molecule has 0 aliphatic heterocycles. The Labute approximate surface area is 190 Å². The quantitative estimate of drug-likeness (QED) is 0.423. The molecule has 4 amide bonds. The van der Waals surface area contributed by atoms with Crippen molar-refractivity contribution in [3.05, 3.63) is 64.7 Å². The van der Waals surface area contributed by atoms with Gasteiger partial charge in [-0.2, -0.15) is 0 Å². The Hall–Kier alpha value is -3.59. The van der Waals surface area contributed by atoms with Crippen LogP contribution in [0.2, 0.25) is 5.02 Å². The van der Waals surface area contributed by atoms with Crippen molar-refractivity contribution in [2.45, 2.75) is 38.8 Å². The van der Waals surface area contributed by atoms with Crippen LogP contribution in [0.3, 0.4) is 0 Å². The molecule has 2 rings (SSSR count). The fraction of sp³-hybridized carbons (Fsp3) is 0.273. The second kappa shape index (κ2) is 11.7. The molecule has 2 aromatic carbocycles. The number of primary amides is 1. The van der Waals surface area contributed by atoms with Crippen LogP contribution in [-0.4, -0.2) is 35.8 Å². The van der Waals surface area contributed by atoms with Crippen LogP contribution >= 0.6 is 11.6 Å². The third kappa shape index (κ3) is 7.92. The number of ether oxygens (including phenoxy) is 1. The topological polar surface area (TPSA) is 140 Å². The lowest BCUT2D eigenvalue weighted by Gasteiger charge is -2.18. The minimum absolute atomic E-state index is 0.00520. The van der Waals surface area contributed by atoms with E-state index in [0.29, 0.717) is 16.3 Å². The zero-order chi connectivity index (χ0) is 23.7. The summed E-state index contributed by atoms with van der Waals surface area (Å²) in [5.41, 5.74) is 10.3. The highest BCUT2D eigenvalue weighted by Crippen LogP contribution is 2.14. The molecule has 0 aromatic heterocycles. The van der Waals surface area contributed by atoms with Crippen LogP contribution in [0, 0.1) is 0 Å². The molecule has 170 valence electrons. The molecule has 9 nitrogen and oxygen atoms in total. The third-order valence-electron chi connectivity index (χ3n) is 4.20. The number of hydrogen-bond donors (Lipinski definition) is 4. The van der Waals surface area contributed by atoms with Gasteiger partial charge >= 0.3 is 0 Å². The average molecular weight is 461 g/mol. The summed E-state index contributed by atoms with van der Waals surface area (Å²) in [5.74, 6) is -1.83. The monoisotopic (exact) mass is 460 g/mol. The lowest BCUT2D eigenvalue weighted by molar-refractivity contribution is -0.124. The van der Waals surface area contributed by atoms with Crippen LogP contribution < -0.4 is 26.6 Å². The van der Waals surface area contributed by atoms with Gasteiger partial charge in [0.2, 0.25) is 5.91 Å². The Kier molecular flexibility index (Phi) is 9.03. The maximum atomic E-state index is 12.6. The number of carbonyl (C=O) groups excluding carboxylic acids is 4. The van der Waals surface area contributed by atoms with Crippen molar-refractivity contribution in [3.63, 3.8) is 0 Å². The Bertz CT molecular complexity index is 961. The third-order valence-corrected chi connectivity index (χ3v) is 4.45. The van der Waals surface area contributed by atoms with E-state index in [0.717, 1.165) is 0 Å². The van der Waals surface area contributed by atoms with Gasteiger partial charge in [0.25, 0.3) is 17.7 Å². The van der Waals surface area contributed by atoms with Crippen molar-refractivity contribution in [2.24, 2.45) is 5.73 Å². The van der Waals surface area contributed by atoms with Crippen LogP contribution in [0.25, 0.3) is 0 Å². The Balaban J connectivity index is 1.99. The molecular formula is C22H25ClN4O5. The minimum Gasteiger partial charge on any atom is -0.491 e. The molecule has 5 N–H and O–H groups in total. The number of hydrazine groups is 1. The van der Waals surface area contributed by atoms with Crippen LogP contribution in [0.1, 0.15) is 47.4 Å². The molecule has 0 aliphatic carbocycles. The van der Waals surface area contributed by atoms with E-state index in [2.05, 4.69) is 16.2 Å². The lowest BCUT2D eigenvalue weighted by atomic mass is 10.1. The molecule has 0 heterocycles. The van der Waals surface area contributed by atoms with Gasteiger partial charge in [0.05, 0.1) is 6.10 Å². The first-order valence-corrected chi connectivity index (χ1v) is 10.2. The number of nitrogens with one attached hydrogen (secondary N) is 3. The van der Waals surface area contributed by atoms with Gasteiger partial charge in [-0.25, -0.2) is 0 Å². The highest BCUT2D eigenvalue weighted by Gasteiger charge is 2.23. The molecule has 32 heavy (non-hydrogen) atoms. The largest absolute Gasteiger partial charge is 0.491 e. The van der Waals surface area contributed by atoms with E-state index in [-0.39, 0.29) is 24.5 Å². The smallest absolute Gasteiger partial charge is 0.269 e. The number of carbonyl (C=O) groups is 4. The number of nitrogens with two attached hydrogens (primary N) is 1. The van der Waals surface area contributed by atoms with Crippen LogP contribution in [0.15, 0.2) is 48.5 Å². The molecule has 0 aliphatic rings. The summed E-state index contributed by atoms with van der Waals surface area (Å²) in [6.07, 6.45) is -0.184. The first-order chi connectivity index (χ1) is 15.2. The summed E-state index contributed by atoms with van der Waals surface area (Å²) < 4.78 is 5.52. The van der Waals surface area contributed by atoms with Gasteiger partial charge in [-0.3, -0.25) is 30.0 Å². The molecule has 1 atom stereocenters. The van der Waals surface area contributed by atoms with Crippen molar-refractivity contribution in [1.82, 2.24) is 16.2 Å². The van der Waals surface area contributed by atoms with E-state index in [1.165, 1.54) is 24.3 Å². The fourth-order valence-electron chi connectivity index (χ4n) is 2.63. The highest BCUT2D eigenvalue weighted by molar-refractivity contribution is 6.30. The number of hydrogen-bond acceptors (Lipinski definition) is 5. The van der Waals surface area contributed by atoms with Gasteiger partial charge in [-0.15, -0.1) is 0 Å². The summed E-state index contributed by atoms with van der Waals surface area (Å²) in [6, 6.07) is 11.3. The molecule has 0 bridgehead atoms. The normalized spacial score (nSPS) is 11.4. The maximum absolute atomic E-state index is 12.6. The van der Waals surface area contributed by atoms with E-state index in [9.17, 15) is 19.2 Å². The van der Waals surface area contributed by atoms with Gasteiger partial charge in [-0.1, -0.05) is 11.6 Å². The van der Waals surface area contributed by atoms with Gasteiger partial charge in [0.15, 0.2) is 0 Å². The van der Waals surface area contributed by atoms with Crippen LogP contribution in [0.5, 0.6) is 5.75 Å². The highest BCUT2D eigenvalue weighted by atomic mass is 35.5. The first kappa shape index (κ1) is 24.7. The Morgan fingerprint density at radius 2 is 1.47 bits per heavy atom. The second-order valence-corrected chi connectivity index (χ2v) is 7.61. The van der Waals surface area contributed by atoms with Crippen LogP contribution in [0.4, 0.5) is 0 Å². The summed E-state index contributed by atoms with van der Waals surface area (Å²) >= 11 is 5.81. The van der Waals surface area contributed by atoms with Crippen molar-refractivity contribution >= 4 is 35.2 Å². The zero-order valence-corrected chi connectivity index (χ0v) is 18.4. The van der Waals surface area contributed by atoms with Crippen molar-refractivity contribution in [1.29, 1.82) is 0 Å². The minimum atomic E-state index is -1.10. The number of benzene rings is 2. The van der Waals surface area contributed by atoms with E-state index in [4.69, 9.17) is 22.1 Å². The van der Waals surface area contributed by atoms with E-state index < -0.39 is 29.7 Å². The average Bonchev–Trinajstić information content (AvgIpc) is 2.75. The molecule has 0 fully saturated rings. The number of halogens is 1. The fourth-order valence-corrected chi connectivity index (χ4v) is 2.76. The van der Waals surface area contributed by atoms with E-state index in [1.54, 1.807) is 24.3 Å². The summed E-state index contributed by atoms with van der Waals surface area (Å²) in [7, 11) is 0. The Morgan fingerprint density at radius 1 is 0.906 bits per heavy atom. The molecule has 0 saturated carbocycles. The molecule has 0 spiro atoms. The molecule has 0 unspecified atom stereocenters. The summed E-state index contributed by atoms with van der Waals surface area (Å²) in [4.78, 5) is 48.4. The van der Waals surface area contributed by atoms with E-state index >= 15 is 0 Å². The maximum Gasteiger partial charge on any atom is 0.269 e.